The van der Waals surface area contributed by atoms with Crippen molar-refractivity contribution in [2.75, 3.05) is 10.6 Å². The zero-order valence-electron chi connectivity index (χ0n) is 15.9. The van der Waals surface area contributed by atoms with Gasteiger partial charge in [0.2, 0.25) is 0 Å². The second-order valence-corrected chi connectivity index (χ2v) is 7.12. The van der Waals surface area contributed by atoms with Gasteiger partial charge in [0.15, 0.2) is 0 Å². The van der Waals surface area contributed by atoms with E-state index in [1.165, 1.54) is 0 Å². The summed E-state index contributed by atoms with van der Waals surface area (Å²) in [6, 6.07) is 23.7. The van der Waals surface area contributed by atoms with Gasteiger partial charge >= 0.3 is 0 Å². The van der Waals surface area contributed by atoms with Gasteiger partial charge < -0.3 is 15.5 Å². The third-order valence-electron chi connectivity index (χ3n) is 5.08. The Hall–Kier alpha value is -3.86. The highest BCUT2D eigenvalue weighted by molar-refractivity contribution is 6.39. The van der Waals surface area contributed by atoms with Crippen LogP contribution in [0, 0.1) is 6.92 Å². The van der Waals surface area contributed by atoms with Crippen molar-refractivity contribution in [1.82, 2.24) is 0 Å². The number of amides is 1. The van der Waals surface area contributed by atoms with E-state index in [4.69, 9.17) is 4.84 Å². The maximum atomic E-state index is 12.8. The van der Waals surface area contributed by atoms with E-state index in [9.17, 15) is 4.79 Å². The first kappa shape index (κ1) is 17.3. The molecule has 0 radical (unpaired) electrons. The number of nitrogens with zero attached hydrogens (tertiary/aromatic N) is 1. The molecule has 1 amide bonds. The third kappa shape index (κ3) is 3.06. The molecule has 0 fully saturated rings. The summed E-state index contributed by atoms with van der Waals surface area (Å²) in [5, 5.41) is 10.8. The lowest BCUT2D eigenvalue weighted by molar-refractivity contribution is -0.110. The number of nitrogens with one attached hydrogen (secondary N) is 2. The number of allylic oxidation sites excluding steroid dienone is 1. The predicted octanol–water partition coefficient (Wildman–Crippen LogP) is 4.70. The van der Waals surface area contributed by atoms with Crippen LogP contribution >= 0.6 is 0 Å². The molecular weight excluding hydrogens is 362 g/mol. The molecule has 5 heteroatoms. The van der Waals surface area contributed by atoms with Gasteiger partial charge in [-0.1, -0.05) is 65.8 Å². The Morgan fingerprint density at radius 1 is 0.862 bits per heavy atom. The van der Waals surface area contributed by atoms with Gasteiger partial charge in [0.25, 0.3) is 5.91 Å². The lowest BCUT2D eigenvalue weighted by Gasteiger charge is -2.07. The van der Waals surface area contributed by atoms with Gasteiger partial charge in [-0.25, -0.2) is 0 Å². The second kappa shape index (κ2) is 6.95. The highest BCUT2D eigenvalue weighted by Crippen LogP contribution is 2.39. The van der Waals surface area contributed by atoms with E-state index in [-0.39, 0.29) is 5.91 Å². The lowest BCUT2D eigenvalue weighted by Crippen LogP contribution is -2.12. The van der Waals surface area contributed by atoms with Crippen molar-refractivity contribution < 1.29 is 9.63 Å². The highest BCUT2D eigenvalue weighted by atomic mass is 16.6. The van der Waals surface area contributed by atoms with Crippen LogP contribution in [0.15, 0.2) is 83.6 Å². The number of anilines is 2. The zero-order valence-corrected chi connectivity index (χ0v) is 15.9. The van der Waals surface area contributed by atoms with Gasteiger partial charge in [-0.05, 0) is 30.2 Å². The number of aryl methyl sites for hydroxylation is 1. The second-order valence-electron chi connectivity index (χ2n) is 7.12. The van der Waals surface area contributed by atoms with Crippen LogP contribution in [0.5, 0.6) is 0 Å². The fraction of sp³-hybridized carbons (Fsp3) is 0.0833. The van der Waals surface area contributed by atoms with Crippen molar-refractivity contribution in [3.8, 4) is 0 Å². The van der Waals surface area contributed by atoms with Crippen molar-refractivity contribution in [3.63, 3.8) is 0 Å². The van der Waals surface area contributed by atoms with Crippen LogP contribution in [0.25, 0.3) is 5.57 Å². The van der Waals surface area contributed by atoms with Crippen molar-refractivity contribution in [1.29, 1.82) is 0 Å². The van der Waals surface area contributed by atoms with E-state index in [0.717, 1.165) is 33.6 Å². The number of fused-ring (bicyclic) bond motifs is 2. The number of oxime groups is 1. The van der Waals surface area contributed by atoms with E-state index >= 15 is 0 Å². The quantitative estimate of drug-likeness (QED) is 0.510. The van der Waals surface area contributed by atoms with E-state index in [0.29, 0.717) is 23.6 Å². The minimum absolute atomic E-state index is 0.142. The summed E-state index contributed by atoms with van der Waals surface area (Å²) in [5.41, 5.74) is 7.52. The molecule has 0 saturated carbocycles. The Bertz CT molecular complexity index is 1180. The molecule has 2 N–H and O–H groups in total. The predicted molar refractivity (Wildman–Crippen MR) is 115 cm³/mol. The Balaban J connectivity index is 1.58. The molecule has 5 rings (SSSR count). The Morgan fingerprint density at radius 2 is 1.66 bits per heavy atom. The number of rotatable bonds is 3. The number of benzene rings is 3. The maximum absolute atomic E-state index is 12.8. The van der Waals surface area contributed by atoms with Crippen LogP contribution in [0.4, 0.5) is 11.4 Å². The van der Waals surface area contributed by atoms with Gasteiger partial charge in [0.05, 0.1) is 11.3 Å². The van der Waals surface area contributed by atoms with Gasteiger partial charge in [-0.2, -0.15) is 0 Å². The molecule has 3 aromatic carbocycles. The zero-order chi connectivity index (χ0) is 19.8. The minimum atomic E-state index is -0.142. The van der Waals surface area contributed by atoms with Crippen molar-refractivity contribution in [2.24, 2.45) is 5.16 Å². The SMILES string of the molecule is Cc1ccc2c(c1)NC(=O)/C2=C1\Nc2ccccc2\C1=N/OCc1ccccc1. The molecule has 5 nitrogen and oxygen atoms in total. The molecule has 142 valence electrons. The van der Waals surface area contributed by atoms with Crippen LogP contribution in [0.2, 0.25) is 0 Å². The summed E-state index contributed by atoms with van der Waals surface area (Å²) in [6.07, 6.45) is 0. The fourth-order valence-corrected chi connectivity index (χ4v) is 3.68. The Labute approximate surface area is 168 Å². The molecule has 0 bridgehead atoms. The van der Waals surface area contributed by atoms with Gasteiger partial charge in [-0.3, -0.25) is 4.79 Å². The molecule has 0 aromatic heterocycles. The molecule has 3 aromatic rings. The summed E-state index contributed by atoms with van der Waals surface area (Å²) >= 11 is 0. The smallest absolute Gasteiger partial charge is 0.258 e. The molecule has 0 spiro atoms. The van der Waals surface area contributed by atoms with Crippen LogP contribution in [-0.4, -0.2) is 11.6 Å². The van der Waals surface area contributed by atoms with Gasteiger partial charge in [-0.15, -0.1) is 0 Å². The van der Waals surface area contributed by atoms with Crippen LogP contribution in [-0.2, 0) is 16.2 Å². The van der Waals surface area contributed by atoms with Crippen molar-refractivity contribution in [3.05, 3.63) is 101 Å². The molecule has 29 heavy (non-hydrogen) atoms. The Morgan fingerprint density at radius 3 is 2.52 bits per heavy atom. The summed E-state index contributed by atoms with van der Waals surface area (Å²) in [6.45, 7) is 2.36. The van der Waals surface area contributed by atoms with Crippen molar-refractivity contribution >= 4 is 28.6 Å². The molecule has 2 aliphatic heterocycles. The van der Waals surface area contributed by atoms with Crippen LogP contribution < -0.4 is 10.6 Å². The topological polar surface area (TPSA) is 62.7 Å². The van der Waals surface area contributed by atoms with E-state index in [1.54, 1.807) is 0 Å². The standard InChI is InChI=1S/C24H19N3O2/c1-15-11-12-17-20(13-15)26-24(28)21(17)23-22(18-9-5-6-10-19(18)25-23)27-29-14-16-7-3-2-4-8-16/h2-13,25H,14H2,1H3,(H,26,28)/b23-21-,27-22+. The summed E-state index contributed by atoms with van der Waals surface area (Å²) in [7, 11) is 0. The molecule has 0 unspecified atom stereocenters. The number of hydrogen-bond acceptors (Lipinski definition) is 4. The van der Waals surface area contributed by atoms with E-state index in [2.05, 4.69) is 15.8 Å². The van der Waals surface area contributed by atoms with Crippen LogP contribution in [0.1, 0.15) is 22.3 Å². The molecule has 0 atom stereocenters. The molecule has 2 heterocycles. The van der Waals surface area contributed by atoms with E-state index in [1.807, 2.05) is 79.7 Å². The van der Waals surface area contributed by atoms with E-state index < -0.39 is 0 Å². The van der Waals surface area contributed by atoms with Crippen LogP contribution in [0.3, 0.4) is 0 Å². The summed E-state index contributed by atoms with van der Waals surface area (Å²) in [5.74, 6) is -0.142. The molecule has 0 saturated heterocycles. The molecule has 2 aliphatic rings. The average Bonchev–Trinajstić information content (AvgIpc) is 3.25. The van der Waals surface area contributed by atoms with Gasteiger partial charge in [0, 0.05) is 22.5 Å². The first-order valence-electron chi connectivity index (χ1n) is 9.48. The average molecular weight is 381 g/mol. The van der Waals surface area contributed by atoms with Gasteiger partial charge in [0.1, 0.15) is 12.3 Å². The summed E-state index contributed by atoms with van der Waals surface area (Å²) < 4.78 is 0. The number of para-hydroxylation sites is 1. The normalized spacial score (nSPS) is 18.2. The third-order valence-corrected chi connectivity index (χ3v) is 5.08. The highest BCUT2D eigenvalue weighted by Gasteiger charge is 2.34. The minimum Gasteiger partial charge on any atom is -0.390 e. The Kier molecular flexibility index (Phi) is 4.13. The molecular formula is C24H19N3O2. The number of carbonyl (C=O) groups excluding carboxylic acids is 1. The fourth-order valence-electron chi connectivity index (χ4n) is 3.68. The molecule has 0 aliphatic carbocycles. The maximum Gasteiger partial charge on any atom is 0.258 e. The summed E-state index contributed by atoms with van der Waals surface area (Å²) in [4.78, 5) is 18.5. The lowest BCUT2D eigenvalue weighted by atomic mass is 10.0. The monoisotopic (exact) mass is 381 g/mol. The van der Waals surface area contributed by atoms with Crippen molar-refractivity contribution in [2.45, 2.75) is 13.5 Å². The number of hydrogen-bond donors (Lipinski definition) is 2. The largest absolute Gasteiger partial charge is 0.390 e. The number of carbonyl (C=O) groups is 1. The first-order valence-corrected chi connectivity index (χ1v) is 9.48. The first-order chi connectivity index (χ1) is 14.2.